The topological polar surface area (TPSA) is 77.0 Å². The molecule has 0 radical (unpaired) electrons. The van der Waals surface area contributed by atoms with Gasteiger partial charge in [0.15, 0.2) is 5.96 Å². The number of benzene rings is 1. The second-order valence-electron chi connectivity index (χ2n) is 6.00. The van der Waals surface area contributed by atoms with Gasteiger partial charge in [-0.15, -0.1) is 0 Å². The van der Waals surface area contributed by atoms with Crippen LogP contribution in [0.1, 0.15) is 22.4 Å². The van der Waals surface area contributed by atoms with E-state index in [0.717, 1.165) is 39.6 Å². The van der Waals surface area contributed by atoms with Gasteiger partial charge in [0, 0.05) is 42.5 Å². The van der Waals surface area contributed by atoms with Gasteiger partial charge >= 0.3 is 0 Å². The predicted molar refractivity (Wildman–Crippen MR) is 107 cm³/mol. The number of hydrogen-bond donors (Lipinski definition) is 2. The van der Waals surface area contributed by atoms with Crippen LogP contribution in [0.5, 0.6) is 17.2 Å². The van der Waals surface area contributed by atoms with Crippen LogP contribution in [0.3, 0.4) is 0 Å². The number of aliphatic imine (C=N–C) groups is 1. The predicted octanol–water partition coefficient (Wildman–Crippen LogP) is 2.59. The smallest absolute Gasteiger partial charge is 0.191 e. The largest absolute Gasteiger partial charge is 0.497 e. The summed E-state index contributed by atoms with van der Waals surface area (Å²) in [5.74, 6) is 3.06. The Morgan fingerprint density at radius 2 is 1.78 bits per heavy atom. The summed E-state index contributed by atoms with van der Waals surface area (Å²) in [5, 5.41) is 6.57. The zero-order valence-corrected chi connectivity index (χ0v) is 16.8. The summed E-state index contributed by atoms with van der Waals surface area (Å²) >= 11 is 0. The third kappa shape index (κ3) is 5.03. The molecule has 0 aliphatic heterocycles. The van der Waals surface area contributed by atoms with Gasteiger partial charge in [0.2, 0.25) is 0 Å². The Morgan fingerprint density at radius 3 is 2.41 bits per heavy atom. The lowest BCUT2D eigenvalue weighted by Gasteiger charge is -2.16. The molecule has 27 heavy (non-hydrogen) atoms. The number of methoxy groups -OCH3 is 3. The fourth-order valence-electron chi connectivity index (χ4n) is 2.81. The lowest BCUT2D eigenvalue weighted by molar-refractivity contribution is 0.390. The fraction of sp³-hybridized carbons (Fsp3) is 0.400. The fourth-order valence-corrected chi connectivity index (χ4v) is 2.81. The van der Waals surface area contributed by atoms with Gasteiger partial charge in [-0.1, -0.05) is 0 Å². The molecule has 0 atom stereocenters. The Kier molecular flexibility index (Phi) is 7.28. The summed E-state index contributed by atoms with van der Waals surface area (Å²) in [6, 6.07) is 5.73. The van der Waals surface area contributed by atoms with E-state index < -0.39 is 0 Å². The molecule has 2 aromatic rings. The minimum atomic E-state index is 0.544. The molecular formula is C20H28N4O3. The molecule has 1 aromatic heterocycles. The minimum Gasteiger partial charge on any atom is -0.497 e. The van der Waals surface area contributed by atoms with E-state index in [1.807, 2.05) is 38.2 Å². The van der Waals surface area contributed by atoms with Crippen molar-refractivity contribution in [2.75, 3.05) is 28.4 Å². The van der Waals surface area contributed by atoms with Gasteiger partial charge in [-0.2, -0.15) is 0 Å². The zero-order valence-electron chi connectivity index (χ0n) is 16.8. The number of nitrogens with one attached hydrogen (secondary N) is 2. The molecule has 0 unspecified atom stereocenters. The molecule has 0 bridgehead atoms. The number of hydrogen-bond acceptors (Lipinski definition) is 5. The first-order valence-corrected chi connectivity index (χ1v) is 8.68. The maximum atomic E-state index is 5.46. The van der Waals surface area contributed by atoms with Gasteiger partial charge in [-0.05, 0) is 26.0 Å². The highest BCUT2D eigenvalue weighted by Crippen LogP contribution is 2.25. The van der Waals surface area contributed by atoms with Crippen LogP contribution in [-0.4, -0.2) is 39.3 Å². The molecule has 0 saturated carbocycles. The minimum absolute atomic E-state index is 0.544. The van der Waals surface area contributed by atoms with Crippen LogP contribution in [0.2, 0.25) is 0 Å². The lowest BCUT2D eigenvalue weighted by Crippen LogP contribution is -2.36. The van der Waals surface area contributed by atoms with Gasteiger partial charge in [-0.25, -0.2) is 0 Å². The molecule has 2 rings (SSSR count). The van der Waals surface area contributed by atoms with Gasteiger partial charge < -0.3 is 24.8 Å². The van der Waals surface area contributed by atoms with Crippen LogP contribution in [0, 0.1) is 13.8 Å². The molecule has 0 aliphatic rings. The van der Waals surface area contributed by atoms with Crippen molar-refractivity contribution >= 4 is 5.96 Å². The van der Waals surface area contributed by atoms with Crippen LogP contribution in [-0.2, 0) is 13.1 Å². The Balaban J connectivity index is 2.01. The normalized spacial score (nSPS) is 11.1. The maximum Gasteiger partial charge on any atom is 0.191 e. The first-order valence-electron chi connectivity index (χ1n) is 8.68. The SMILES string of the molecule is CN=C(NCc1ccc(OC)cc1OC)NCc1ncc(C)c(OC)c1C. The van der Waals surface area contributed by atoms with Crippen molar-refractivity contribution in [1.29, 1.82) is 0 Å². The van der Waals surface area contributed by atoms with Gasteiger partial charge in [0.25, 0.3) is 0 Å². The molecule has 7 nitrogen and oxygen atoms in total. The number of pyridine rings is 1. The van der Waals surface area contributed by atoms with Gasteiger partial charge in [0.05, 0.1) is 33.6 Å². The standard InChI is InChI=1S/C20H28N4O3/c1-13-10-22-17(14(2)19(13)27-6)12-24-20(21-3)23-11-15-7-8-16(25-4)9-18(15)26-5/h7-10H,11-12H2,1-6H3,(H2,21,23,24). The summed E-state index contributed by atoms with van der Waals surface area (Å²) in [5.41, 5.74) is 3.97. The Labute approximate surface area is 160 Å². The summed E-state index contributed by atoms with van der Waals surface area (Å²) in [7, 11) is 6.69. The van der Waals surface area contributed by atoms with E-state index in [0.29, 0.717) is 19.0 Å². The number of nitrogens with zero attached hydrogens (tertiary/aromatic N) is 2. The first kappa shape index (κ1) is 20.4. The van der Waals surface area contributed by atoms with Crippen molar-refractivity contribution in [3.63, 3.8) is 0 Å². The number of aromatic nitrogens is 1. The number of aryl methyl sites for hydroxylation is 1. The number of ether oxygens (including phenoxy) is 3. The van der Waals surface area contributed by atoms with E-state index in [1.165, 1.54) is 0 Å². The Morgan fingerprint density at radius 1 is 1.04 bits per heavy atom. The average Bonchev–Trinajstić information content (AvgIpc) is 2.69. The quantitative estimate of drug-likeness (QED) is 0.575. The van der Waals surface area contributed by atoms with Crippen LogP contribution in [0.4, 0.5) is 0 Å². The van der Waals surface area contributed by atoms with E-state index in [1.54, 1.807) is 28.4 Å². The number of guanidine groups is 1. The molecule has 1 aromatic carbocycles. The lowest BCUT2D eigenvalue weighted by atomic mass is 10.1. The van der Waals surface area contributed by atoms with Crippen molar-refractivity contribution in [2.45, 2.75) is 26.9 Å². The molecular weight excluding hydrogens is 344 g/mol. The van der Waals surface area contributed by atoms with E-state index in [2.05, 4.69) is 20.6 Å². The third-order valence-corrected chi connectivity index (χ3v) is 4.34. The summed E-state index contributed by atoms with van der Waals surface area (Å²) in [4.78, 5) is 8.77. The first-order chi connectivity index (χ1) is 13.0. The van der Waals surface area contributed by atoms with E-state index in [-0.39, 0.29) is 0 Å². The maximum absolute atomic E-state index is 5.46. The average molecular weight is 372 g/mol. The molecule has 7 heteroatoms. The van der Waals surface area contributed by atoms with Crippen LogP contribution in [0.25, 0.3) is 0 Å². The Bertz CT molecular complexity index is 806. The zero-order chi connectivity index (χ0) is 19.8. The molecule has 146 valence electrons. The van der Waals surface area contributed by atoms with Crippen LogP contribution in [0.15, 0.2) is 29.4 Å². The highest BCUT2D eigenvalue weighted by atomic mass is 16.5. The van der Waals surface area contributed by atoms with Gasteiger partial charge in [-0.3, -0.25) is 9.98 Å². The van der Waals surface area contributed by atoms with Crippen molar-refractivity contribution in [3.8, 4) is 17.2 Å². The molecule has 2 N–H and O–H groups in total. The van der Waals surface area contributed by atoms with E-state index in [9.17, 15) is 0 Å². The van der Waals surface area contributed by atoms with Crippen LogP contribution < -0.4 is 24.8 Å². The Hall–Kier alpha value is -2.96. The molecule has 1 heterocycles. The van der Waals surface area contributed by atoms with Crippen molar-refractivity contribution < 1.29 is 14.2 Å². The summed E-state index contributed by atoms with van der Waals surface area (Å²) in [6.45, 7) is 5.10. The van der Waals surface area contributed by atoms with E-state index in [4.69, 9.17) is 14.2 Å². The van der Waals surface area contributed by atoms with Gasteiger partial charge in [0.1, 0.15) is 17.2 Å². The van der Waals surface area contributed by atoms with Crippen molar-refractivity contribution in [1.82, 2.24) is 15.6 Å². The second-order valence-corrected chi connectivity index (χ2v) is 6.00. The molecule has 0 fully saturated rings. The van der Waals surface area contributed by atoms with E-state index >= 15 is 0 Å². The second kappa shape index (κ2) is 9.66. The monoisotopic (exact) mass is 372 g/mol. The summed E-state index contributed by atoms with van der Waals surface area (Å²) in [6.07, 6.45) is 1.82. The summed E-state index contributed by atoms with van der Waals surface area (Å²) < 4.78 is 16.1. The van der Waals surface area contributed by atoms with Crippen molar-refractivity contribution in [2.24, 2.45) is 4.99 Å². The highest BCUT2D eigenvalue weighted by Gasteiger charge is 2.10. The molecule has 0 saturated heterocycles. The molecule has 0 amide bonds. The molecule has 0 spiro atoms. The highest BCUT2D eigenvalue weighted by molar-refractivity contribution is 5.79. The van der Waals surface area contributed by atoms with Crippen LogP contribution >= 0.6 is 0 Å². The third-order valence-electron chi connectivity index (χ3n) is 4.34. The number of rotatable bonds is 7. The molecule has 0 aliphatic carbocycles. The van der Waals surface area contributed by atoms with Crippen molar-refractivity contribution in [3.05, 3.63) is 46.8 Å².